The van der Waals surface area contributed by atoms with Crippen molar-refractivity contribution in [2.75, 3.05) is 5.32 Å². The van der Waals surface area contributed by atoms with Crippen LogP contribution in [0.2, 0.25) is 10.0 Å². The summed E-state index contributed by atoms with van der Waals surface area (Å²) in [5, 5.41) is 4.58. The first kappa shape index (κ1) is 16.1. The Morgan fingerprint density at radius 3 is 2.75 bits per heavy atom. The highest BCUT2D eigenvalue weighted by Crippen LogP contribution is 2.50. The van der Waals surface area contributed by atoms with E-state index in [2.05, 4.69) is 17.4 Å². The van der Waals surface area contributed by atoms with E-state index in [1.165, 1.54) is 0 Å². The zero-order chi connectivity index (χ0) is 16.7. The van der Waals surface area contributed by atoms with E-state index in [9.17, 15) is 4.79 Å². The Balaban J connectivity index is 1.90. The molecular formula is C19H15Cl2NOS. The number of anilines is 1. The lowest BCUT2D eigenvalue weighted by atomic mass is 9.89. The van der Waals surface area contributed by atoms with Crippen molar-refractivity contribution in [2.45, 2.75) is 29.4 Å². The summed E-state index contributed by atoms with van der Waals surface area (Å²) < 4.78 is 0. The quantitative estimate of drug-likeness (QED) is 0.637. The minimum absolute atomic E-state index is 0.117. The number of rotatable bonds is 1. The number of para-hydroxylation sites is 1. The van der Waals surface area contributed by atoms with E-state index in [4.69, 9.17) is 23.2 Å². The Kier molecular flexibility index (Phi) is 4.33. The molecule has 1 heterocycles. The van der Waals surface area contributed by atoms with Gasteiger partial charge in [-0.1, -0.05) is 41.4 Å². The van der Waals surface area contributed by atoms with Crippen LogP contribution in [0.15, 0.2) is 58.6 Å². The van der Waals surface area contributed by atoms with Crippen LogP contribution in [0, 0.1) is 0 Å². The first-order chi connectivity index (χ1) is 11.6. The number of benzene rings is 2. The molecule has 24 heavy (non-hydrogen) atoms. The Morgan fingerprint density at radius 1 is 1.08 bits per heavy atom. The lowest BCUT2D eigenvalue weighted by Gasteiger charge is -2.24. The molecular weight excluding hydrogens is 361 g/mol. The average molecular weight is 376 g/mol. The highest BCUT2D eigenvalue weighted by atomic mass is 35.5. The lowest BCUT2D eigenvalue weighted by molar-refractivity contribution is -0.116. The third kappa shape index (κ3) is 2.85. The molecule has 1 aliphatic heterocycles. The maximum absolute atomic E-state index is 12.7. The van der Waals surface area contributed by atoms with E-state index in [1.54, 1.807) is 17.8 Å². The summed E-state index contributed by atoms with van der Waals surface area (Å²) in [6.45, 7) is 0. The standard InChI is InChI=1S/C19H15Cl2NOS/c20-11-8-9-12(13(21)10-11)19-18-15(5-3-6-16(18)23)22-14-4-1-2-7-17(14)24-19/h1-2,4,7-10,19,22H,3,5-6H2. The number of nitrogens with one attached hydrogen (secondary N) is 1. The van der Waals surface area contributed by atoms with Crippen molar-refractivity contribution < 1.29 is 4.79 Å². The van der Waals surface area contributed by atoms with Crippen LogP contribution in [-0.4, -0.2) is 5.78 Å². The minimum Gasteiger partial charge on any atom is -0.358 e. The molecule has 0 spiro atoms. The van der Waals surface area contributed by atoms with Gasteiger partial charge in [0.25, 0.3) is 0 Å². The Hall–Kier alpha value is -1.42. The van der Waals surface area contributed by atoms with Gasteiger partial charge >= 0.3 is 0 Å². The SMILES string of the molecule is O=C1CCCC2=C1C(c1ccc(Cl)cc1Cl)Sc1ccccc1N2. The van der Waals surface area contributed by atoms with Gasteiger partial charge in [-0.25, -0.2) is 0 Å². The van der Waals surface area contributed by atoms with E-state index in [1.807, 2.05) is 24.3 Å². The smallest absolute Gasteiger partial charge is 0.162 e. The zero-order valence-corrected chi connectivity index (χ0v) is 15.1. The van der Waals surface area contributed by atoms with Crippen molar-refractivity contribution in [1.29, 1.82) is 0 Å². The number of ketones is 1. The number of fused-ring (bicyclic) bond motifs is 1. The zero-order valence-electron chi connectivity index (χ0n) is 12.8. The van der Waals surface area contributed by atoms with Crippen LogP contribution in [0.3, 0.4) is 0 Å². The summed E-state index contributed by atoms with van der Waals surface area (Å²) in [4.78, 5) is 13.8. The molecule has 1 unspecified atom stereocenters. The molecule has 2 aliphatic rings. The summed E-state index contributed by atoms with van der Waals surface area (Å²) in [6.07, 6.45) is 2.37. The third-order valence-corrected chi connectivity index (χ3v) is 6.28. The molecule has 0 fully saturated rings. The van der Waals surface area contributed by atoms with Crippen LogP contribution in [-0.2, 0) is 4.79 Å². The van der Waals surface area contributed by atoms with Gasteiger partial charge in [0.05, 0.1) is 10.9 Å². The molecule has 5 heteroatoms. The fourth-order valence-corrected chi connectivity index (χ4v) is 5.22. The van der Waals surface area contributed by atoms with E-state index in [0.29, 0.717) is 16.5 Å². The van der Waals surface area contributed by atoms with Crippen LogP contribution in [0.1, 0.15) is 30.1 Å². The second-order valence-electron chi connectivity index (χ2n) is 5.95. The highest BCUT2D eigenvalue weighted by molar-refractivity contribution is 8.00. The molecule has 4 rings (SSSR count). The largest absolute Gasteiger partial charge is 0.358 e. The van der Waals surface area contributed by atoms with Gasteiger partial charge < -0.3 is 5.32 Å². The van der Waals surface area contributed by atoms with Gasteiger partial charge in [-0.15, -0.1) is 11.8 Å². The van der Waals surface area contributed by atoms with Crippen LogP contribution in [0.25, 0.3) is 0 Å². The molecule has 0 amide bonds. The maximum atomic E-state index is 12.7. The van der Waals surface area contributed by atoms with Crippen LogP contribution < -0.4 is 5.32 Å². The highest BCUT2D eigenvalue weighted by Gasteiger charge is 2.33. The number of hydrogen-bond donors (Lipinski definition) is 1. The van der Waals surface area contributed by atoms with Crippen LogP contribution >= 0.6 is 35.0 Å². The van der Waals surface area contributed by atoms with Crippen LogP contribution in [0.5, 0.6) is 0 Å². The fourth-order valence-electron chi connectivity index (χ4n) is 3.25. The van der Waals surface area contributed by atoms with Crippen molar-refractivity contribution in [1.82, 2.24) is 0 Å². The molecule has 122 valence electrons. The van der Waals surface area contributed by atoms with E-state index < -0.39 is 0 Å². The van der Waals surface area contributed by atoms with Crippen molar-refractivity contribution >= 4 is 46.4 Å². The van der Waals surface area contributed by atoms with Gasteiger partial charge in [-0.3, -0.25) is 4.79 Å². The number of halogens is 2. The number of carbonyl (C=O) groups excluding carboxylic acids is 1. The molecule has 0 radical (unpaired) electrons. The fraction of sp³-hybridized carbons (Fsp3) is 0.211. The summed E-state index contributed by atoms with van der Waals surface area (Å²) in [6, 6.07) is 13.7. The van der Waals surface area contributed by atoms with E-state index in [0.717, 1.165) is 40.3 Å². The molecule has 1 aliphatic carbocycles. The third-order valence-electron chi connectivity index (χ3n) is 4.38. The molecule has 1 N–H and O–H groups in total. The number of carbonyl (C=O) groups is 1. The number of allylic oxidation sites excluding steroid dienone is 1. The Morgan fingerprint density at radius 2 is 1.92 bits per heavy atom. The molecule has 2 aromatic rings. The Labute approximate surface area is 155 Å². The van der Waals surface area contributed by atoms with Gasteiger partial charge in [0.1, 0.15) is 0 Å². The first-order valence-electron chi connectivity index (χ1n) is 7.87. The summed E-state index contributed by atoms with van der Waals surface area (Å²) in [5.74, 6) is 0.208. The maximum Gasteiger partial charge on any atom is 0.162 e. The van der Waals surface area contributed by atoms with Gasteiger partial charge in [0.15, 0.2) is 5.78 Å². The molecule has 0 bridgehead atoms. The topological polar surface area (TPSA) is 29.1 Å². The summed E-state index contributed by atoms with van der Waals surface area (Å²) in [5.41, 5.74) is 3.87. The molecule has 0 saturated carbocycles. The number of Topliss-reactive ketones (excluding diaryl/α,β-unsaturated/α-hetero) is 1. The van der Waals surface area contributed by atoms with Crippen molar-refractivity contribution in [3.05, 3.63) is 69.3 Å². The second kappa shape index (κ2) is 6.47. The summed E-state index contributed by atoms with van der Waals surface area (Å²) in [7, 11) is 0. The van der Waals surface area contributed by atoms with Gasteiger partial charge in [0, 0.05) is 32.6 Å². The minimum atomic E-state index is -0.117. The average Bonchev–Trinajstić information content (AvgIpc) is 2.72. The lowest BCUT2D eigenvalue weighted by Crippen LogP contribution is -2.19. The van der Waals surface area contributed by atoms with E-state index >= 15 is 0 Å². The van der Waals surface area contributed by atoms with Gasteiger partial charge in [-0.05, 0) is 42.7 Å². The van der Waals surface area contributed by atoms with E-state index in [-0.39, 0.29) is 11.0 Å². The first-order valence-corrected chi connectivity index (χ1v) is 9.51. The molecule has 0 aromatic heterocycles. The number of hydrogen-bond acceptors (Lipinski definition) is 3. The number of thioether (sulfide) groups is 1. The van der Waals surface area contributed by atoms with Gasteiger partial charge in [0.2, 0.25) is 0 Å². The van der Waals surface area contributed by atoms with Crippen molar-refractivity contribution in [3.8, 4) is 0 Å². The normalized spacial score (nSPS) is 20.1. The second-order valence-corrected chi connectivity index (χ2v) is 7.94. The Bertz CT molecular complexity index is 862. The predicted molar refractivity (Wildman–Crippen MR) is 101 cm³/mol. The molecule has 2 aromatic carbocycles. The molecule has 1 atom stereocenters. The van der Waals surface area contributed by atoms with Crippen molar-refractivity contribution in [3.63, 3.8) is 0 Å². The predicted octanol–water partition coefficient (Wildman–Crippen LogP) is 6.26. The van der Waals surface area contributed by atoms with Crippen LogP contribution in [0.4, 0.5) is 5.69 Å². The van der Waals surface area contributed by atoms with Crippen molar-refractivity contribution in [2.24, 2.45) is 0 Å². The monoisotopic (exact) mass is 375 g/mol. The van der Waals surface area contributed by atoms with Gasteiger partial charge in [-0.2, -0.15) is 0 Å². The molecule has 2 nitrogen and oxygen atoms in total. The molecule has 0 saturated heterocycles. The summed E-state index contributed by atoms with van der Waals surface area (Å²) >= 11 is 14.2.